The van der Waals surface area contributed by atoms with Crippen LogP contribution in [0.25, 0.3) is 0 Å². The zero-order valence-corrected chi connectivity index (χ0v) is 17.2. The second-order valence-corrected chi connectivity index (χ2v) is 8.33. The number of aryl methyl sites for hydroxylation is 1. The Balaban J connectivity index is 1.53. The van der Waals surface area contributed by atoms with E-state index >= 15 is 0 Å². The van der Waals surface area contributed by atoms with Crippen molar-refractivity contribution < 1.29 is 4.79 Å². The molecule has 1 unspecified atom stereocenters. The van der Waals surface area contributed by atoms with E-state index in [1.807, 2.05) is 6.07 Å². The summed E-state index contributed by atoms with van der Waals surface area (Å²) in [7, 11) is 2.17. The van der Waals surface area contributed by atoms with E-state index in [0.29, 0.717) is 17.1 Å². The number of amides is 1. The first-order valence-electron chi connectivity index (χ1n) is 10.2. The van der Waals surface area contributed by atoms with Crippen LogP contribution in [0, 0.1) is 0 Å². The molecular formula is C23H28ClN3O. The van der Waals surface area contributed by atoms with Crippen molar-refractivity contribution in [2.24, 2.45) is 0 Å². The van der Waals surface area contributed by atoms with Gasteiger partial charge >= 0.3 is 0 Å². The molecule has 2 heterocycles. The summed E-state index contributed by atoms with van der Waals surface area (Å²) >= 11 is 6.04. The molecule has 4 rings (SSSR count). The highest BCUT2D eigenvalue weighted by Crippen LogP contribution is 2.31. The van der Waals surface area contributed by atoms with Gasteiger partial charge in [-0.1, -0.05) is 29.8 Å². The first-order chi connectivity index (χ1) is 13.6. The number of nitrogens with zero attached hydrogens (tertiary/aromatic N) is 2. The van der Waals surface area contributed by atoms with Crippen molar-refractivity contribution >= 4 is 23.2 Å². The normalized spacial score (nSPS) is 18.0. The van der Waals surface area contributed by atoms with Gasteiger partial charge in [-0.2, -0.15) is 0 Å². The van der Waals surface area contributed by atoms with Crippen LogP contribution < -0.4 is 10.2 Å². The van der Waals surface area contributed by atoms with Crippen molar-refractivity contribution in [2.45, 2.75) is 31.7 Å². The van der Waals surface area contributed by atoms with Gasteiger partial charge in [0, 0.05) is 36.4 Å². The molecule has 2 aliphatic rings. The van der Waals surface area contributed by atoms with Gasteiger partial charge in [0.15, 0.2) is 0 Å². The van der Waals surface area contributed by atoms with E-state index in [1.54, 1.807) is 18.2 Å². The Hall–Kier alpha value is -2.04. The number of benzene rings is 2. The number of hydrogen-bond acceptors (Lipinski definition) is 3. The Labute approximate surface area is 172 Å². The van der Waals surface area contributed by atoms with Gasteiger partial charge in [-0.3, -0.25) is 9.69 Å². The van der Waals surface area contributed by atoms with Gasteiger partial charge in [0.2, 0.25) is 0 Å². The standard InChI is InChI=1S/C23H28ClN3O/c1-26-11-5-7-17-14-18(9-10-21(17)26)22(27-12-2-3-13-27)16-25-23(28)19-6-4-8-20(24)15-19/h4,6,8-10,14-15,22H,2-3,5,7,11-13,16H2,1H3,(H,25,28). The summed E-state index contributed by atoms with van der Waals surface area (Å²) < 4.78 is 0. The fourth-order valence-corrected chi connectivity index (χ4v) is 4.63. The maximum absolute atomic E-state index is 12.6. The Morgan fingerprint density at radius 3 is 2.71 bits per heavy atom. The van der Waals surface area contributed by atoms with Crippen molar-refractivity contribution in [1.29, 1.82) is 0 Å². The lowest BCUT2D eigenvalue weighted by molar-refractivity contribution is 0.0938. The molecule has 2 aliphatic heterocycles. The van der Waals surface area contributed by atoms with Crippen molar-refractivity contribution in [3.05, 3.63) is 64.2 Å². The molecule has 0 saturated carbocycles. The minimum Gasteiger partial charge on any atom is -0.374 e. The predicted octanol–water partition coefficient (Wildman–Crippen LogP) is 4.29. The third-order valence-corrected chi connectivity index (χ3v) is 6.20. The Morgan fingerprint density at radius 1 is 1.11 bits per heavy atom. The van der Waals surface area contributed by atoms with Crippen LogP contribution in [0.1, 0.15) is 46.8 Å². The average Bonchev–Trinajstić information content (AvgIpc) is 3.22. The lowest BCUT2D eigenvalue weighted by Gasteiger charge is -2.32. The zero-order valence-electron chi connectivity index (χ0n) is 16.5. The molecule has 0 aromatic heterocycles. The minimum absolute atomic E-state index is 0.0654. The van der Waals surface area contributed by atoms with Gasteiger partial charge in [-0.25, -0.2) is 0 Å². The van der Waals surface area contributed by atoms with Crippen LogP contribution in [0.2, 0.25) is 5.02 Å². The van der Waals surface area contributed by atoms with Gasteiger partial charge < -0.3 is 10.2 Å². The van der Waals surface area contributed by atoms with Gasteiger partial charge in [0.1, 0.15) is 0 Å². The van der Waals surface area contributed by atoms with E-state index in [2.05, 4.69) is 40.4 Å². The number of carbonyl (C=O) groups excluding carboxylic acids is 1. The molecule has 0 radical (unpaired) electrons. The third-order valence-electron chi connectivity index (χ3n) is 5.96. The predicted molar refractivity (Wildman–Crippen MR) is 115 cm³/mol. The SMILES string of the molecule is CN1CCCc2cc(C(CNC(=O)c3cccc(Cl)c3)N3CCCC3)ccc21. The highest BCUT2D eigenvalue weighted by atomic mass is 35.5. The van der Waals surface area contributed by atoms with Gasteiger partial charge in [0.25, 0.3) is 5.91 Å². The van der Waals surface area contributed by atoms with Crippen LogP contribution in [-0.4, -0.2) is 44.0 Å². The summed E-state index contributed by atoms with van der Waals surface area (Å²) in [6.45, 7) is 3.92. The van der Waals surface area contributed by atoms with Gasteiger partial charge in [-0.15, -0.1) is 0 Å². The van der Waals surface area contributed by atoms with E-state index in [-0.39, 0.29) is 11.9 Å². The summed E-state index contributed by atoms with van der Waals surface area (Å²) in [5, 5.41) is 3.73. The largest absolute Gasteiger partial charge is 0.374 e. The van der Waals surface area contributed by atoms with Crippen LogP contribution in [0.15, 0.2) is 42.5 Å². The first-order valence-corrected chi connectivity index (χ1v) is 10.6. The van der Waals surface area contributed by atoms with Crippen LogP contribution in [0.3, 0.4) is 0 Å². The number of halogens is 1. The fourth-order valence-electron chi connectivity index (χ4n) is 4.44. The van der Waals surface area contributed by atoms with Crippen LogP contribution in [0.4, 0.5) is 5.69 Å². The molecule has 1 N–H and O–H groups in total. The van der Waals surface area contributed by atoms with E-state index in [1.165, 1.54) is 36.1 Å². The van der Waals surface area contributed by atoms with Crippen molar-refractivity contribution in [1.82, 2.24) is 10.2 Å². The molecule has 0 bridgehead atoms. The summed E-state index contributed by atoms with van der Waals surface area (Å²) in [5.74, 6) is -0.0654. The first kappa shape index (κ1) is 19.3. The molecule has 5 heteroatoms. The van der Waals surface area contributed by atoms with Crippen molar-refractivity contribution in [3.8, 4) is 0 Å². The van der Waals surface area contributed by atoms with Crippen molar-refractivity contribution in [3.63, 3.8) is 0 Å². The lowest BCUT2D eigenvalue weighted by atomic mass is 9.96. The van der Waals surface area contributed by atoms with E-state index < -0.39 is 0 Å². The number of anilines is 1. The summed E-state index contributed by atoms with van der Waals surface area (Å²) in [6.07, 6.45) is 4.79. The molecular weight excluding hydrogens is 370 g/mol. The monoisotopic (exact) mass is 397 g/mol. The fraction of sp³-hybridized carbons (Fsp3) is 0.435. The average molecular weight is 398 g/mol. The number of likely N-dealkylation sites (tertiary alicyclic amines) is 1. The maximum Gasteiger partial charge on any atom is 0.251 e. The van der Waals surface area contributed by atoms with E-state index in [9.17, 15) is 4.79 Å². The Bertz CT molecular complexity index is 847. The maximum atomic E-state index is 12.6. The quantitative estimate of drug-likeness (QED) is 0.817. The minimum atomic E-state index is -0.0654. The molecule has 1 amide bonds. The molecule has 1 atom stereocenters. The van der Waals surface area contributed by atoms with Crippen molar-refractivity contribution in [2.75, 3.05) is 38.1 Å². The molecule has 4 nitrogen and oxygen atoms in total. The van der Waals surface area contributed by atoms with Crippen LogP contribution >= 0.6 is 11.6 Å². The molecule has 2 aromatic rings. The second kappa shape index (κ2) is 8.54. The smallest absolute Gasteiger partial charge is 0.251 e. The Morgan fingerprint density at radius 2 is 1.93 bits per heavy atom. The number of carbonyl (C=O) groups is 1. The third kappa shape index (κ3) is 4.18. The number of nitrogens with one attached hydrogen (secondary N) is 1. The number of fused-ring (bicyclic) bond motifs is 1. The Kier molecular flexibility index (Phi) is 5.88. The highest BCUT2D eigenvalue weighted by Gasteiger charge is 2.25. The summed E-state index contributed by atoms with van der Waals surface area (Å²) in [4.78, 5) is 17.5. The van der Waals surface area contributed by atoms with E-state index in [4.69, 9.17) is 11.6 Å². The molecule has 1 fully saturated rings. The lowest BCUT2D eigenvalue weighted by Crippen LogP contribution is -2.37. The summed E-state index contributed by atoms with van der Waals surface area (Å²) in [6, 6.07) is 14.2. The number of hydrogen-bond donors (Lipinski definition) is 1. The number of rotatable bonds is 5. The topological polar surface area (TPSA) is 35.6 Å². The van der Waals surface area contributed by atoms with Crippen LogP contribution in [0.5, 0.6) is 0 Å². The highest BCUT2D eigenvalue weighted by molar-refractivity contribution is 6.30. The van der Waals surface area contributed by atoms with E-state index in [0.717, 1.165) is 26.1 Å². The van der Waals surface area contributed by atoms with Crippen LogP contribution in [-0.2, 0) is 6.42 Å². The molecule has 2 aromatic carbocycles. The van der Waals surface area contributed by atoms with Gasteiger partial charge in [-0.05, 0) is 74.2 Å². The molecule has 1 saturated heterocycles. The summed E-state index contributed by atoms with van der Waals surface area (Å²) in [5.41, 5.74) is 4.69. The molecule has 0 spiro atoms. The molecule has 148 valence electrons. The molecule has 28 heavy (non-hydrogen) atoms. The van der Waals surface area contributed by atoms with Gasteiger partial charge in [0.05, 0.1) is 6.04 Å². The zero-order chi connectivity index (χ0) is 19.5. The molecule has 0 aliphatic carbocycles. The second-order valence-electron chi connectivity index (χ2n) is 7.89.